The second-order valence-electron chi connectivity index (χ2n) is 6.31. The molecule has 4 bridgehead atoms. The second-order valence-corrected chi connectivity index (χ2v) is 8.56. The first-order valence-electron chi connectivity index (χ1n) is 8.21. The maximum absolute atomic E-state index is 3.69. The molecule has 24 heavy (non-hydrogen) atoms. The van der Waals surface area contributed by atoms with Crippen LogP contribution in [-0.2, 0) is 47.0 Å². The maximum atomic E-state index is 3.69. The third kappa shape index (κ3) is 4.02. The molecule has 0 spiro atoms. The Morgan fingerprint density at radius 2 is 0.667 bits per heavy atom. The van der Waals surface area contributed by atoms with Gasteiger partial charge in [-0.3, -0.25) is 0 Å². The van der Waals surface area contributed by atoms with E-state index >= 15 is 0 Å². The number of alkyl halides is 4. The van der Waals surface area contributed by atoms with Crippen molar-refractivity contribution < 1.29 is 0 Å². The van der Waals surface area contributed by atoms with Gasteiger partial charge in [-0.15, -0.1) is 0 Å². The largest absolute Gasteiger partial charge is 0.0876 e. The lowest BCUT2D eigenvalue weighted by Gasteiger charge is -2.20. The maximum Gasteiger partial charge on any atom is 0.0285 e. The summed E-state index contributed by atoms with van der Waals surface area (Å²) in [6, 6.07) is 9.70. The van der Waals surface area contributed by atoms with Gasteiger partial charge in [-0.1, -0.05) is 88.0 Å². The van der Waals surface area contributed by atoms with Gasteiger partial charge in [0.25, 0.3) is 0 Å². The Labute approximate surface area is 178 Å². The molecular formula is C20H20Br4. The molecule has 2 aromatic carbocycles. The molecule has 128 valence electrons. The Balaban J connectivity index is 2.12. The minimum Gasteiger partial charge on any atom is -0.0876 e. The van der Waals surface area contributed by atoms with Crippen molar-refractivity contribution >= 4 is 63.7 Å². The highest BCUT2D eigenvalue weighted by Crippen LogP contribution is 2.29. The predicted octanol–water partition coefficient (Wildman–Crippen LogP) is 7.15. The van der Waals surface area contributed by atoms with E-state index < -0.39 is 0 Å². The van der Waals surface area contributed by atoms with Gasteiger partial charge in [0, 0.05) is 21.3 Å². The summed E-state index contributed by atoms with van der Waals surface area (Å²) in [5.41, 5.74) is 11.7. The number of rotatable bonds is 4. The Morgan fingerprint density at radius 3 is 0.833 bits per heavy atom. The Bertz CT molecular complexity index is 610. The lowest BCUT2D eigenvalue weighted by Crippen LogP contribution is -2.08. The zero-order chi connectivity index (χ0) is 17.1. The van der Waals surface area contributed by atoms with E-state index in [0.717, 1.165) is 47.0 Å². The van der Waals surface area contributed by atoms with Gasteiger partial charge in [0.2, 0.25) is 0 Å². The highest BCUT2D eigenvalue weighted by Gasteiger charge is 2.15. The van der Waals surface area contributed by atoms with Gasteiger partial charge in [0.1, 0.15) is 0 Å². The van der Waals surface area contributed by atoms with Crippen LogP contribution >= 0.6 is 63.7 Å². The van der Waals surface area contributed by atoms with Crippen molar-refractivity contribution in [3.63, 3.8) is 0 Å². The zero-order valence-corrected chi connectivity index (χ0v) is 19.8. The van der Waals surface area contributed by atoms with Crippen LogP contribution in [0.1, 0.15) is 44.5 Å². The summed E-state index contributed by atoms with van der Waals surface area (Å²) >= 11 is 14.8. The van der Waals surface area contributed by atoms with Crippen LogP contribution in [0.25, 0.3) is 0 Å². The first-order chi connectivity index (χ1) is 11.7. The van der Waals surface area contributed by atoms with Crippen molar-refractivity contribution in [1.82, 2.24) is 0 Å². The number of benzene rings is 2. The normalized spacial score (nSPS) is 13.8. The fourth-order valence-electron chi connectivity index (χ4n) is 3.55. The standard InChI is InChI=1S/C20H20Br4/c21-9-17-7-15-3-4-16-8-19(11-23)14(6-20(16)12-24)2-1-13(17)5-18(15)10-22/h5-8H,1-4,9-12H2. The molecule has 0 atom stereocenters. The highest BCUT2D eigenvalue weighted by atomic mass is 79.9. The predicted molar refractivity (Wildman–Crippen MR) is 118 cm³/mol. The summed E-state index contributed by atoms with van der Waals surface area (Å²) in [6.07, 6.45) is 4.40. The molecule has 0 fully saturated rings. The molecule has 4 aliphatic carbocycles. The average Bonchev–Trinajstić information content (AvgIpc) is 2.62. The SMILES string of the molecule is BrCc1cc2c(CBr)cc1CCc1cc(CBr)c(cc1CBr)CC2. The van der Waals surface area contributed by atoms with Crippen LogP contribution in [0.2, 0.25) is 0 Å². The molecule has 0 nitrogen and oxygen atoms in total. The van der Waals surface area contributed by atoms with E-state index in [1.165, 1.54) is 44.5 Å². The lowest BCUT2D eigenvalue weighted by molar-refractivity contribution is 0.884. The van der Waals surface area contributed by atoms with Crippen molar-refractivity contribution in [2.24, 2.45) is 0 Å². The van der Waals surface area contributed by atoms with Crippen LogP contribution < -0.4 is 0 Å². The lowest BCUT2D eigenvalue weighted by atomic mass is 9.88. The van der Waals surface area contributed by atoms with Crippen molar-refractivity contribution in [2.45, 2.75) is 47.0 Å². The number of hydrogen-bond donors (Lipinski definition) is 0. The van der Waals surface area contributed by atoms with Crippen molar-refractivity contribution in [2.75, 3.05) is 0 Å². The molecule has 4 aliphatic rings. The van der Waals surface area contributed by atoms with Gasteiger partial charge >= 0.3 is 0 Å². The summed E-state index contributed by atoms with van der Waals surface area (Å²) in [5.74, 6) is 0. The quantitative estimate of drug-likeness (QED) is 0.338. The first-order valence-corrected chi connectivity index (χ1v) is 12.7. The monoisotopic (exact) mass is 576 g/mol. The van der Waals surface area contributed by atoms with Crippen LogP contribution in [-0.4, -0.2) is 0 Å². The molecule has 0 saturated carbocycles. The van der Waals surface area contributed by atoms with Crippen molar-refractivity contribution in [3.8, 4) is 0 Å². The molecule has 0 unspecified atom stereocenters. The van der Waals surface area contributed by atoms with Crippen molar-refractivity contribution in [3.05, 3.63) is 68.8 Å². The first kappa shape index (κ1) is 19.1. The molecule has 2 aromatic rings. The fourth-order valence-corrected chi connectivity index (χ4v) is 5.64. The Morgan fingerprint density at radius 1 is 0.458 bits per heavy atom. The molecule has 4 heteroatoms. The van der Waals surface area contributed by atoms with Crippen molar-refractivity contribution in [1.29, 1.82) is 0 Å². The smallest absolute Gasteiger partial charge is 0.0285 e. The minimum atomic E-state index is 0.938. The Hall–Kier alpha value is 0.360. The van der Waals surface area contributed by atoms with Gasteiger partial charge in [-0.25, -0.2) is 0 Å². The average molecular weight is 580 g/mol. The zero-order valence-electron chi connectivity index (χ0n) is 13.5. The molecule has 0 aliphatic heterocycles. The third-order valence-corrected chi connectivity index (χ3v) is 7.36. The molecule has 0 radical (unpaired) electrons. The van der Waals surface area contributed by atoms with Crippen LogP contribution in [0.5, 0.6) is 0 Å². The van der Waals surface area contributed by atoms with Crippen LogP contribution in [0.4, 0.5) is 0 Å². The summed E-state index contributed by atoms with van der Waals surface area (Å²) in [5, 5.41) is 3.75. The van der Waals surface area contributed by atoms with Gasteiger partial charge in [0.05, 0.1) is 0 Å². The van der Waals surface area contributed by atoms with Gasteiger partial charge < -0.3 is 0 Å². The van der Waals surface area contributed by atoms with Crippen LogP contribution in [0.15, 0.2) is 24.3 Å². The van der Waals surface area contributed by atoms with E-state index in [9.17, 15) is 0 Å². The van der Waals surface area contributed by atoms with Gasteiger partial charge in [-0.05, 0) is 70.2 Å². The molecule has 6 rings (SSSR count). The Kier molecular flexibility index (Phi) is 7.04. The number of aryl methyl sites for hydroxylation is 4. The van der Waals surface area contributed by atoms with Gasteiger partial charge in [-0.2, -0.15) is 0 Å². The van der Waals surface area contributed by atoms with Crippen LogP contribution in [0.3, 0.4) is 0 Å². The van der Waals surface area contributed by atoms with Gasteiger partial charge in [0.15, 0.2) is 0 Å². The van der Waals surface area contributed by atoms with E-state index in [-0.39, 0.29) is 0 Å². The molecule has 0 saturated heterocycles. The van der Waals surface area contributed by atoms with E-state index in [1.807, 2.05) is 0 Å². The summed E-state index contributed by atoms with van der Waals surface area (Å²) in [4.78, 5) is 0. The fraction of sp³-hybridized carbons (Fsp3) is 0.400. The highest BCUT2D eigenvalue weighted by molar-refractivity contribution is 9.09. The molecule has 0 N–H and O–H groups in total. The second kappa shape index (κ2) is 8.83. The van der Waals surface area contributed by atoms with E-state index in [4.69, 9.17) is 0 Å². The number of hydrogen-bond acceptors (Lipinski definition) is 0. The summed E-state index contributed by atoms with van der Waals surface area (Å²) < 4.78 is 0. The topological polar surface area (TPSA) is 0 Å². The summed E-state index contributed by atoms with van der Waals surface area (Å²) in [7, 11) is 0. The minimum absolute atomic E-state index is 0.938. The van der Waals surface area contributed by atoms with E-state index in [1.54, 1.807) is 0 Å². The molecular weight excluding hydrogens is 560 g/mol. The summed E-state index contributed by atoms with van der Waals surface area (Å²) in [6.45, 7) is 0. The van der Waals surface area contributed by atoms with E-state index in [0.29, 0.717) is 0 Å². The molecule has 0 aromatic heterocycles. The third-order valence-electron chi connectivity index (χ3n) is 4.95. The molecule has 0 heterocycles. The molecule has 0 amide bonds. The van der Waals surface area contributed by atoms with E-state index in [2.05, 4.69) is 88.0 Å². The number of halogens is 4. The van der Waals surface area contributed by atoms with Crippen LogP contribution in [0, 0.1) is 0 Å².